The van der Waals surface area contributed by atoms with Gasteiger partial charge < -0.3 is 14.8 Å². The van der Waals surface area contributed by atoms with Crippen LogP contribution in [0.5, 0.6) is 0 Å². The van der Waals surface area contributed by atoms with E-state index in [9.17, 15) is 18.8 Å². The highest BCUT2D eigenvalue weighted by atomic mass is 19.1. The van der Waals surface area contributed by atoms with E-state index in [4.69, 9.17) is 9.47 Å². The molecule has 32 heavy (non-hydrogen) atoms. The van der Waals surface area contributed by atoms with E-state index in [1.54, 1.807) is 13.8 Å². The molecule has 188 valence electrons. The van der Waals surface area contributed by atoms with Gasteiger partial charge in [-0.15, -0.1) is 0 Å². The molecule has 0 saturated carbocycles. The Labute approximate surface area is 194 Å². The summed E-state index contributed by atoms with van der Waals surface area (Å²) in [6.45, 7) is 4.66. The number of hydrogen-bond donors (Lipinski definition) is 1. The first-order valence-corrected chi connectivity index (χ1v) is 12.6. The summed E-state index contributed by atoms with van der Waals surface area (Å²) < 4.78 is 22.2. The molecule has 0 aliphatic rings. The molecule has 0 rings (SSSR count). The van der Waals surface area contributed by atoms with Crippen LogP contribution in [-0.4, -0.2) is 43.3 Å². The number of carbonyl (C=O) groups excluding carboxylic acids is 3. The van der Waals surface area contributed by atoms with Crippen LogP contribution in [0.4, 0.5) is 4.39 Å². The fourth-order valence-corrected chi connectivity index (χ4v) is 3.87. The van der Waals surface area contributed by atoms with Crippen LogP contribution in [-0.2, 0) is 23.9 Å². The first-order valence-electron chi connectivity index (χ1n) is 12.6. The largest absolute Gasteiger partial charge is 0.464 e. The van der Waals surface area contributed by atoms with Crippen LogP contribution < -0.4 is 5.32 Å². The minimum Gasteiger partial charge on any atom is -0.464 e. The van der Waals surface area contributed by atoms with Gasteiger partial charge in [-0.05, 0) is 33.1 Å². The lowest BCUT2D eigenvalue weighted by Crippen LogP contribution is -2.61. The summed E-state index contributed by atoms with van der Waals surface area (Å²) >= 11 is 0. The van der Waals surface area contributed by atoms with Gasteiger partial charge in [-0.25, -0.2) is 9.59 Å². The normalized spacial score (nSPS) is 11.2. The summed E-state index contributed by atoms with van der Waals surface area (Å²) in [5.41, 5.74) is -1.76. The maximum absolute atomic E-state index is 12.5. The molecule has 0 saturated heterocycles. The highest BCUT2D eigenvalue weighted by Crippen LogP contribution is 2.21. The van der Waals surface area contributed by atoms with Crippen LogP contribution in [0.2, 0.25) is 0 Å². The first-order chi connectivity index (χ1) is 15.4. The van der Waals surface area contributed by atoms with Gasteiger partial charge in [0.05, 0.1) is 19.9 Å². The Morgan fingerprint density at radius 1 is 0.656 bits per heavy atom. The fourth-order valence-electron chi connectivity index (χ4n) is 3.87. The van der Waals surface area contributed by atoms with Gasteiger partial charge >= 0.3 is 11.9 Å². The zero-order valence-electron chi connectivity index (χ0n) is 20.6. The predicted molar refractivity (Wildman–Crippen MR) is 125 cm³/mol. The Kier molecular flexibility index (Phi) is 18.9. The van der Waals surface area contributed by atoms with Crippen LogP contribution in [0, 0.1) is 0 Å². The topological polar surface area (TPSA) is 81.7 Å². The third kappa shape index (κ3) is 13.7. The lowest BCUT2D eigenvalue weighted by atomic mass is 9.91. The molecular weight excluding hydrogens is 413 g/mol. The van der Waals surface area contributed by atoms with Crippen LogP contribution in [0.3, 0.4) is 0 Å². The third-order valence-corrected chi connectivity index (χ3v) is 5.57. The van der Waals surface area contributed by atoms with Crippen LogP contribution >= 0.6 is 0 Å². The number of halogens is 1. The minimum atomic E-state index is -1.76. The van der Waals surface area contributed by atoms with Crippen molar-refractivity contribution in [2.24, 2.45) is 0 Å². The number of esters is 2. The number of hydrogen-bond acceptors (Lipinski definition) is 5. The van der Waals surface area contributed by atoms with E-state index in [0.717, 1.165) is 32.1 Å². The van der Waals surface area contributed by atoms with Crippen LogP contribution in [0.1, 0.15) is 117 Å². The van der Waals surface area contributed by atoms with Crippen molar-refractivity contribution in [2.45, 2.75) is 123 Å². The highest BCUT2D eigenvalue weighted by molar-refractivity contribution is 6.07. The van der Waals surface area contributed by atoms with Crippen LogP contribution in [0.15, 0.2) is 0 Å². The van der Waals surface area contributed by atoms with Crippen LogP contribution in [0.25, 0.3) is 0 Å². The average molecular weight is 460 g/mol. The molecule has 0 aromatic carbocycles. The summed E-state index contributed by atoms with van der Waals surface area (Å²) in [6, 6.07) is 0. The smallest absolute Gasteiger partial charge is 0.343 e. The quantitative estimate of drug-likeness (QED) is 0.133. The summed E-state index contributed by atoms with van der Waals surface area (Å²) in [6.07, 6.45) is 15.4. The van der Waals surface area contributed by atoms with E-state index in [1.165, 1.54) is 51.9 Å². The van der Waals surface area contributed by atoms with Gasteiger partial charge in [-0.1, -0.05) is 77.0 Å². The minimum absolute atomic E-state index is 0.124. The first kappa shape index (κ1) is 30.3. The van der Waals surface area contributed by atoms with Crippen molar-refractivity contribution >= 4 is 17.8 Å². The number of rotatable bonds is 21. The van der Waals surface area contributed by atoms with E-state index in [-0.39, 0.29) is 26.3 Å². The van der Waals surface area contributed by atoms with Crippen molar-refractivity contribution in [1.82, 2.24) is 5.32 Å². The molecule has 0 bridgehead atoms. The molecule has 1 N–H and O–H groups in total. The second-order valence-corrected chi connectivity index (χ2v) is 8.42. The van der Waals surface area contributed by atoms with E-state index in [2.05, 4.69) is 5.32 Å². The Morgan fingerprint density at radius 2 is 1.00 bits per heavy atom. The zero-order chi connectivity index (χ0) is 24.1. The van der Waals surface area contributed by atoms with E-state index in [0.29, 0.717) is 12.8 Å². The number of carbonyl (C=O) groups is 3. The molecule has 0 heterocycles. The Bertz CT molecular complexity index is 495. The van der Waals surface area contributed by atoms with Gasteiger partial charge in [0.1, 0.15) is 0 Å². The number of nitrogens with one attached hydrogen (secondary N) is 1. The summed E-state index contributed by atoms with van der Waals surface area (Å²) in [5, 5.41) is 2.51. The van der Waals surface area contributed by atoms with Crippen molar-refractivity contribution in [3.05, 3.63) is 0 Å². The molecule has 6 nitrogen and oxygen atoms in total. The second-order valence-electron chi connectivity index (χ2n) is 8.42. The van der Waals surface area contributed by atoms with Crippen molar-refractivity contribution in [2.75, 3.05) is 19.9 Å². The molecule has 0 aliphatic heterocycles. The molecule has 0 aliphatic carbocycles. The summed E-state index contributed by atoms with van der Waals surface area (Å²) in [7, 11) is 0. The lowest BCUT2D eigenvalue weighted by molar-refractivity contribution is -0.168. The van der Waals surface area contributed by atoms with E-state index in [1.807, 2.05) is 0 Å². The molecule has 1 amide bonds. The molecule has 7 heteroatoms. The number of amides is 1. The van der Waals surface area contributed by atoms with Gasteiger partial charge in [0.2, 0.25) is 11.4 Å². The lowest BCUT2D eigenvalue weighted by Gasteiger charge is -2.29. The maximum atomic E-state index is 12.5. The fraction of sp³-hybridized carbons (Fsp3) is 0.880. The summed E-state index contributed by atoms with van der Waals surface area (Å²) in [4.78, 5) is 36.8. The molecule has 0 atom stereocenters. The molecule has 0 radical (unpaired) electrons. The Balaban J connectivity index is 4.13. The Morgan fingerprint density at radius 3 is 1.31 bits per heavy atom. The zero-order valence-corrected chi connectivity index (χ0v) is 20.6. The standard InChI is InChI=1S/C25H46FNO5/c1-4-31-23(29)25(27-22(3)28,24(30)32-5-2)20-18-16-14-12-10-8-6-7-9-11-13-15-17-19-21-26/h4-21H2,1-3H3,(H,27,28). The van der Waals surface area contributed by atoms with Crippen molar-refractivity contribution in [3.63, 3.8) is 0 Å². The molecule has 0 fully saturated rings. The number of ether oxygens (including phenoxy) is 2. The number of alkyl halides is 1. The highest BCUT2D eigenvalue weighted by Gasteiger charge is 2.49. The van der Waals surface area contributed by atoms with E-state index < -0.39 is 23.4 Å². The van der Waals surface area contributed by atoms with Gasteiger partial charge in [-0.3, -0.25) is 9.18 Å². The third-order valence-electron chi connectivity index (χ3n) is 5.57. The molecule has 0 unspecified atom stereocenters. The van der Waals surface area contributed by atoms with Crippen molar-refractivity contribution < 1.29 is 28.2 Å². The molecule has 0 aromatic heterocycles. The summed E-state index contributed by atoms with van der Waals surface area (Å²) in [5.74, 6) is -1.97. The SMILES string of the molecule is CCOC(=O)C(CCCCCCCCCCCCCCCCF)(NC(C)=O)C(=O)OCC. The number of unbranched alkanes of at least 4 members (excludes halogenated alkanes) is 13. The second kappa shape index (κ2) is 20.0. The Hall–Kier alpha value is -1.66. The molecule has 0 aromatic rings. The maximum Gasteiger partial charge on any atom is 0.343 e. The van der Waals surface area contributed by atoms with Gasteiger partial charge in [0, 0.05) is 6.92 Å². The van der Waals surface area contributed by atoms with E-state index >= 15 is 0 Å². The average Bonchev–Trinajstić information content (AvgIpc) is 2.75. The molecular formula is C25H46FNO5. The molecule has 0 spiro atoms. The van der Waals surface area contributed by atoms with Gasteiger partial charge in [0.25, 0.3) is 0 Å². The predicted octanol–water partition coefficient (Wildman–Crippen LogP) is 5.81. The van der Waals surface area contributed by atoms with Crippen molar-refractivity contribution in [1.29, 1.82) is 0 Å². The van der Waals surface area contributed by atoms with Gasteiger partial charge in [-0.2, -0.15) is 0 Å². The van der Waals surface area contributed by atoms with Crippen molar-refractivity contribution in [3.8, 4) is 0 Å². The monoisotopic (exact) mass is 459 g/mol. The van der Waals surface area contributed by atoms with Gasteiger partial charge in [0.15, 0.2) is 0 Å².